The van der Waals surface area contributed by atoms with Gasteiger partial charge in [0.2, 0.25) is 0 Å². The first-order valence-electron chi connectivity index (χ1n) is 9.26. The molecule has 152 valence electrons. The van der Waals surface area contributed by atoms with Crippen LogP contribution in [0.1, 0.15) is 55.5 Å². The molecule has 7 heteroatoms. The van der Waals surface area contributed by atoms with E-state index in [0.29, 0.717) is 16.3 Å². The highest BCUT2D eigenvalue weighted by molar-refractivity contribution is 6.35. The molecule has 1 atom stereocenters. The van der Waals surface area contributed by atoms with Gasteiger partial charge < -0.3 is 20.3 Å². The monoisotopic (exact) mass is 425 g/mol. The molecule has 5 nitrogen and oxygen atoms in total. The second kappa shape index (κ2) is 10.4. The highest BCUT2D eigenvalue weighted by Crippen LogP contribution is 2.32. The van der Waals surface area contributed by atoms with Crippen molar-refractivity contribution in [2.24, 2.45) is 0 Å². The minimum atomic E-state index is -0.549. The van der Waals surface area contributed by atoms with Gasteiger partial charge in [-0.3, -0.25) is 0 Å². The van der Waals surface area contributed by atoms with E-state index in [1.54, 1.807) is 12.1 Å². The number of hydrogen-bond donors (Lipinski definition) is 3. The molecule has 0 aromatic heterocycles. The summed E-state index contributed by atoms with van der Waals surface area (Å²) in [5, 5.41) is 23.8. The van der Waals surface area contributed by atoms with Crippen molar-refractivity contribution < 1.29 is 19.7 Å². The standard InChI is InChI=1S/C21H25Cl2NO4/c1-3-4-5-6-13(2)28-21(27)17-8-7-16(11-19(17)25)24-12-14-9-15(22)10-18(23)20(14)26/h7-11,13,24-26H,3-6,12H2,1-2H3. The number of phenols is 2. The second-order valence-corrected chi connectivity index (χ2v) is 7.54. The van der Waals surface area contributed by atoms with Crippen LogP contribution >= 0.6 is 23.2 Å². The van der Waals surface area contributed by atoms with E-state index in [1.165, 1.54) is 18.2 Å². The Kier molecular flexibility index (Phi) is 8.27. The van der Waals surface area contributed by atoms with E-state index in [-0.39, 0.29) is 34.7 Å². The summed E-state index contributed by atoms with van der Waals surface area (Å²) < 4.78 is 5.39. The van der Waals surface area contributed by atoms with Gasteiger partial charge in [0.25, 0.3) is 0 Å². The van der Waals surface area contributed by atoms with Crippen LogP contribution in [0.25, 0.3) is 0 Å². The first-order chi connectivity index (χ1) is 13.3. The number of rotatable bonds is 9. The number of phenolic OH excluding ortho intramolecular Hbond substituents is 2. The van der Waals surface area contributed by atoms with E-state index < -0.39 is 5.97 Å². The van der Waals surface area contributed by atoms with Crippen LogP contribution in [0.2, 0.25) is 10.0 Å². The predicted molar refractivity (Wildman–Crippen MR) is 113 cm³/mol. The number of hydrogen-bond acceptors (Lipinski definition) is 5. The molecule has 0 heterocycles. The summed E-state index contributed by atoms with van der Waals surface area (Å²) in [5.74, 6) is -0.781. The molecule has 0 aliphatic heterocycles. The highest BCUT2D eigenvalue weighted by atomic mass is 35.5. The first-order valence-corrected chi connectivity index (χ1v) is 10.0. The number of carbonyl (C=O) groups excluding carboxylic acids is 1. The lowest BCUT2D eigenvalue weighted by Gasteiger charge is -2.14. The Bertz CT molecular complexity index is 826. The number of aromatic hydroxyl groups is 2. The second-order valence-electron chi connectivity index (χ2n) is 6.69. The summed E-state index contributed by atoms with van der Waals surface area (Å²) in [6.07, 6.45) is 3.80. The number of anilines is 1. The third-order valence-electron chi connectivity index (χ3n) is 4.33. The molecular formula is C21H25Cl2NO4. The summed E-state index contributed by atoms with van der Waals surface area (Å²) in [7, 11) is 0. The number of nitrogens with one attached hydrogen (secondary N) is 1. The summed E-state index contributed by atoms with van der Waals surface area (Å²) in [4.78, 5) is 12.3. The Morgan fingerprint density at radius 1 is 1.18 bits per heavy atom. The van der Waals surface area contributed by atoms with Crippen molar-refractivity contribution in [1.82, 2.24) is 0 Å². The Labute approximate surface area is 175 Å². The van der Waals surface area contributed by atoms with Crippen LogP contribution in [0.5, 0.6) is 11.5 Å². The van der Waals surface area contributed by atoms with Crippen molar-refractivity contribution in [1.29, 1.82) is 0 Å². The fourth-order valence-corrected chi connectivity index (χ4v) is 3.29. The number of ether oxygens (including phenoxy) is 1. The van der Waals surface area contributed by atoms with Crippen molar-refractivity contribution in [2.75, 3.05) is 5.32 Å². The highest BCUT2D eigenvalue weighted by Gasteiger charge is 2.16. The molecule has 0 fully saturated rings. The molecule has 0 radical (unpaired) electrons. The fourth-order valence-electron chi connectivity index (χ4n) is 2.75. The van der Waals surface area contributed by atoms with E-state index in [1.807, 2.05) is 6.92 Å². The summed E-state index contributed by atoms with van der Waals surface area (Å²) in [6, 6.07) is 7.64. The Hall–Kier alpha value is -2.11. The van der Waals surface area contributed by atoms with Gasteiger partial charge in [0, 0.05) is 28.9 Å². The molecular weight excluding hydrogens is 401 g/mol. The van der Waals surface area contributed by atoms with Gasteiger partial charge in [-0.15, -0.1) is 0 Å². The lowest BCUT2D eigenvalue weighted by molar-refractivity contribution is 0.0316. The van der Waals surface area contributed by atoms with Gasteiger partial charge in [0.15, 0.2) is 0 Å². The molecule has 0 bridgehead atoms. The summed E-state index contributed by atoms with van der Waals surface area (Å²) in [6.45, 7) is 4.21. The zero-order valence-electron chi connectivity index (χ0n) is 16.0. The van der Waals surface area contributed by atoms with E-state index in [0.717, 1.165) is 25.7 Å². The van der Waals surface area contributed by atoms with Crippen LogP contribution in [0.15, 0.2) is 30.3 Å². The zero-order chi connectivity index (χ0) is 20.7. The van der Waals surface area contributed by atoms with Crippen molar-refractivity contribution in [3.8, 4) is 11.5 Å². The Morgan fingerprint density at radius 3 is 2.61 bits per heavy atom. The van der Waals surface area contributed by atoms with Crippen molar-refractivity contribution in [3.63, 3.8) is 0 Å². The smallest absolute Gasteiger partial charge is 0.342 e. The molecule has 0 spiro atoms. The molecule has 2 aromatic carbocycles. The van der Waals surface area contributed by atoms with Crippen molar-refractivity contribution in [2.45, 2.75) is 52.2 Å². The molecule has 2 rings (SSSR count). The van der Waals surface area contributed by atoms with E-state index >= 15 is 0 Å². The van der Waals surface area contributed by atoms with Crippen LogP contribution in [0.4, 0.5) is 5.69 Å². The van der Waals surface area contributed by atoms with Gasteiger partial charge in [-0.2, -0.15) is 0 Å². The number of carbonyl (C=O) groups is 1. The number of halogens is 2. The van der Waals surface area contributed by atoms with Crippen molar-refractivity contribution in [3.05, 3.63) is 51.5 Å². The van der Waals surface area contributed by atoms with Gasteiger partial charge in [0.1, 0.15) is 17.1 Å². The average Bonchev–Trinajstić information content (AvgIpc) is 2.63. The molecule has 0 saturated heterocycles. The van der Waals surface area contributed by atoms with Crippen molar-refractivity contribution >= 4 is 34.9 Å². The maximum absolute atomic E-state index is 12.3. The summed E-state index contributed by atoms with van der Waals surface area (Å²) in [5.41, 5.74) is 1.20. The average molecular weight is 426 g/mol. The number of unbranched alkanes of at least 4 members (excludes halogenated alkanes) is 2. The lowest BCUT2D eigenvalue weighted by Crippen LogP contribution is -2.15. The van der Waals surface area contributed by atoms with E-state index in [4.69, 9.17) is 27.9 Å². The van der Waals surface area contributed by atoms with E-state index in [2.05, 4.69) is 12.2 Å². The number of esters is 1. The third-order valence-corrected chi connectivity index (χ3v) is 4.84. The quantitative estimate of drug-likeness (QED) is 0.332. The molecule has 28 heavy (non-hydrogen) atoms. The summed E-state index contributed by atoms with van der Waals surface area (Å²) >= 11 is 11.9. The van der Waals surface area contributed by atoms with Crippen LogP contribution in [-0.2, 0) is 11.3 Å². The fraction of sp³-hybridized carbons (Fsp3) is 0.381. The van der Waals surface area contributed by atoms with Crippen LogP contribution in [0.3, 0.4) is 0 Å². The molecule has 0 aliphatic carbocycles. The van der Waals surface area contributed by atoms with Gasteiger partial charge in [0.05, 0.1) is 11.1 Å². The van der Waals surface area contributed by atoms with Gasteiger partial charge in [-0.05, 0) is 44.0 Å². The molecule has 1 unspecified atom stereocenters. The minimum absolute atomic E-state index is 0.0555. The molecule has 3 N–H and O–H groups in total. The lowest BCUT2D eigenvalue weighted by atomic mass is 10.1. The van der Waals surface area contributed by atoms with Gasteiger partial charge >= 0.3 is 5.97 Å². The van der Waals surface area contributed by atoms with E-state index in [9.17, 15) is 15.0 Å². The minimum Gasteiger partial charge on any atom is -0.507 e. The number of benzene rings is 2. The largest absolute Gasteiger partial charge is 0.507 e. The van der Waals surface area contributed by atoms with Gasteiger partial charge in [-0.25, -0.2) is 4.79 Å². The van der Waals surface area contributed by atoms with Gasteiger partial charge in [-0.1, -0.05) is 43.0 Å². The normalized spacial score (nSPS) is 11.9. The molecule has 2 aromatic rings. The SMILES string of the molecule is CCCCCC(C)OC(=O)c1ccc(NCc2cc(Cl)cc(Cl)c2O)cc1O. The molecule has 0 saturated carbocycles. The maximum atomic E-state index is 12.3. The molecule has 0 amide bonds. The first kappa shape index (κ1) is 22.2. The molecule has 0 aliphatic rings. The maximum Gasteiger partial charge on any atom is 0.342 e. The Morgan fingerprint density at radius 2 is 1.93 bits per heavy atom. The van der Waals surface area contributed by atoms with Crippen LogP contribution in [0, 0.1) is 0 Å². The van der Waals surface area contributed by atoms with Crippen LogP contribution < -0.4 is 5.32 Å². The van der Waals surface area contributed by atoms with Crippen LogP contribution in [-0.4, -0.2) is 22.3 Å². The topological polar surface area (TPSA) is 78.8 Å². The zero-order valence-corrected chi connectivity index (χ0v) is 17.5. The Balaban J connectivity index is 1.99. The third kappa shape index (κ3) is 6.21. The predicted octanol–water partition coefficient (Wildman–Crippen LogP) is 6.14.